The Balaban J connectivity index is 3.14. The average molecular weight is 273 g/mol. The fourth-order valence-corrected chi connectivity index (χ4v) is 2.02. The number of ether oxygens (including phenoxy) is 1. The first-order valence-electron chi connectivity index (χ1n) is 4.52. The predicted molar refractivity (Wildman–Crippen MR) is 61.7 cm³/mol. The number of rotatable bonds is 4. The Bertz CT molecular complexity index is 349. The van der Waals surface area contributed by atoms with Crippen molar-refractivity contribution < 1.29 is 14.6 Å². The van der Waals surface area contributed by atoms with Crippen molar-refractivity contribution >= 4 is 21.9 Å². The van der Waals surface area contributed by atoms with Crippen molar-refractivity contribution in [1.82, 2.24) is 0 Å². The molecule has 0 fully saturated rings. The lowest BCUT2D eigenvalue weighted by Gasteiger charge is -2.11. The van der Waals surface area contributed by atoms with Gasteiger partial charge in [0.25, 0.3) is 0 Å². The van der Waals surface area contributed by atoms with Crippen LogP contribution in [0.25, 0.3) is 0 Å². The Hall–Kier alpha value is -1.03. The number of halogens is 1. The summed E-state index contributed by atoms with van der Waals surface area (Å²) in [4.78, 5) is 10.6. The van der Waals surface area contributed by atoms with Crippen LogP contribution in [0.3, 0.4) is 0 Å². The lowest BCUT2D eigenvalue weighted by molar-refractivity contribution is -0.136. The van der Waals surface area contributed by atoms with Crippen molar-refractivity contribution in [3.8, 4) is 5.75 Å². The predicted octanol–water partition coefficient (Wildman–Crippen LogP) is 2.53. The van der Waals surface area contributed by atoms with Crippen LogP contribution in [0.15, 0.2) is 12.1 Å². The smallest absolute Gasteiger partial charge is 0.307 e. The Morgan fingerprint density at radius 1 is 1.53 bits per heavy atom. The second-order valence-corrected chi connectivity index (χ2v) is 3.85. The molecule has 0 saturated heterocycles. The second-order valence-electron chi connectivity index (χ2n) is 3.29. The first-order valence-corrected chi connectivity index (χ1v) is 5.64. The molecule has 0 amide bonds. The molecule has 15 heavy (non-hydrogen) atoms. The third kappa shape index (κ3) is 2.96. The molecule has 1 aromatic carbocycles. The number of carboxylic acids is 1. The van der Waals surface area contributed by atoms with Gasteiger partial charge in [-0.3, -0.25) is 4.79 Å². The summed E-state index contributed by atoms with van der Waals surface area (Å²) in [6.45, 7) is 1.96. The minimum absolute atomic E-state index is 0.0244. The molecule has 0 aliphatic rings. The minimum atomic E-state index is -0.832. The number of aliphatic carboxylic acids is 1. The first-order chi connectivity index (χ1) is 7.08. The van der Waals surface area contributed by atoms with E-state index < -0.39 is 5.97 Å². The molecule has 0 bridgehead atoms. The van der Waals surface area contributed by atoms with E-state index in [4.69, 9.17) is 9.84 Å². The summed E-state index contributed by atoms with van der Waals surface area (Å²) in [6, 6.07) is 3.66. The van der Waals surface area contributed by atoms with Crippen molar-refractivity contribution in [1.29, 1.82) is 0 Å². The molecule has 0 aliphatic carbocycles. The van der Waals surface area contributed by atoms with E-state index in [1.807, 2.05) is 13.0 Å². The molecule has 0 spiro atoms. The van der Waals surface area contributed by atoms with E-state index in [9.17, 15) is 4.79 Å². The van der Waals surface area contributed by atoms with Crippen molar-refractivity contribution in [3.05, 3.63) is 28.8 Å². The molecular weight excluding hydrogens is 260 g/mol. The van der Waals surface area contributed by atoms with Crippen LogP contribution in [-0.2, 0) is 16.5 Å². The third-order valence-electron chi connectivity index (χ3n) is 2.25. The number of carboxylic acid groups (broad SMARTS) is 1. The van der Waals surface area contributed by atoms with Gasteiger partial charge >= 0.3 is 5.97 Å². The van der Waals surface area contributed by atoms with E-state index in [2.05, 4.69) is 15.9 Å². The van der Waals surface area contributed by atoms with Crippen molar-refractivity contribution in [2.24, 2.45) is 0 Å². The van der Waals surface area contributed by atoms with Crippen LogP contribution in [0.1, 0.15) is 16.7 Å². The fraction of sp³-hybridized carbons (Fsp3) is 0.364. The van der Waals surface area contributed by atoms with Crippen molar-refractivity contribution in [2.45, 2.75) is 18.7 Å². The first kappa shape index (κ1) is 12.0. The van der Waals surface area contributed by atoms with Gasteiger partial charge in [0.05, 0.1) is 13.5 Å². The van der Waals surface area contributed by atoms with Crippen LogP contribution in [0.2, 0.25) is 0 Å². The van der Waals surface area contributed by atoms with Crippen LogP contribution in [-0.4, -0.2) is 18.2 Å². The topological polar surface area (TPSA) is 46.5 Å². The second kappa shape index (κ2) is 5.16. The van der Waals surface area contributed by atoms with E-state index in [1.54, 1.807) is 13.2 Å². The SMILES string of the molecule is COc1cc(CC(=O)O)cc(CBr)c1C. The van der Waals surface area contributed by atoms with Gasteiger partial charge in [0, 0.05) is 5.33 Å². The molecule has 4 heteroatoms. The molecular formula is C11H13BrO3. The molecule has 1 rings (SSSR count). The average Bonchev–Trinajstić information content (AvgIpc) is 2.19. The fourth-order valence-electron chi connectivity index (χ4n) is 1.44. The van der Waals surface area contributed by atoms with Crippen LogP contribution in [0.4, 0.5) is 0 Å². The number of hydrogen-bond acceptors (Lipinski definition) is 2. The summed E-state index contributed by atoms with van der Waals surface area (Å²) in [5.74, 6) is -0.0929. The van der Waals surface area contributed by atoms with E-state index >= 15 is 0 Å². The van der Waals surface area contributed by atoms with E-state index in [0.29, 0.717) is 5.33 Å². The summed E-state index contributed by atoms with van der Waals surface area (Å²) in [5, 5.41) is 9.41. The number of alkyl halides is 1. The molecule has 0 radical (unpaired) electrons. The Morgan fingerprint density at radius 3 is 2.67 bits per heavy atom. The quantitative estimate of drug-likeness (QED) is 0.857. The largest absolute Gasteiger partial charge is 0.496 e. The molecule has 0 aliphatic heterocycles. The van der Waals surface area contributed by atoms with E-state index in [0.717, 1.165) is 22.4 Å². The summed E-state index contributed by atoms with van der Waals surface area (Å²) < 4.78 is 5.20. The highest BCUT2D eigenvalue weighted by atomic mass is 79.9. The zero-order chi connectivity index (χ0) is 11.4. The van der Waals surface area contributed by atoms with Gasteiger partial charge in [-0.25, -0.2) is 0 Å². The standard InChI is InChI=1S/C11H13BrO3/c1-7-9(6-12)3-8(5-11(13)14)4-10(7)15-2/h3-4H,5-6H2,1-2H3,(H,13,14). The third-order valence-corrected chi connectivity index (χ3v) is 2.85. The monoisotopic (exact) mass is 272 g/mol. The number of hydrogen-bond donors (Lipinski definition) is 1. The Labute approximate surface area is 97.2 Å². The van der Waals surface area contributed by atoms with Gasteiger partial charge in [0.15, 0.2) is 0 Å². The maximum atomic E-state index is 10.6. The minimum Gasteiger partial charge on any atom is -0.496 e. The van der Waals surface area contributed by atoms with Crippen LogP contribution >= 0.6 is 15.9 Å². The zero-order valence-corrected chi connectivity index (χ0v) is 10.3. The van der Waals surface area contributed by atoms with Gasteiger partial charge in [0.2, 0.25) is 0 Å². The maximum absolute atomic E-state index is 10.6. The normalized spacial score (nSPS) is 10.1. The number of benzene rings is 1. The van der Waals surface area contributed by atoms with Gasteiger partial charge in [0.1, 0.15) is 5.75 Å². The summed E-state index contributed by atoms with van der Waals surface area (Å²) in [6.07, 6.45) is 0.0244. The van der Waals surface area contributed by atoms with Gasteiger partial charge in [-0.05, 0) is 29.7 Å². The summed E-state index contributed by atoms with van der Waals surface area (Å²) in [5.41, 5.74) is 2.87. The lowest BCUT2D eigenvalue weighted by atomic mass is 10.0. The highest BCUT2D eigenvalue weighted by Crippen LogP contribution is 2.25. The number of methoxy groups -OCH3 is 1. The molecule has 0 unspecified atom stereocenters. The molecule has 0 heterocycles. The molecule has 0 atom stereocenters. The van der Waals surface area contributed by atoms with Gasteiger partial charge in [-0.2, -0.15) is 0 Å². The Kier molecular flexibility index (Phi) is 4.15. The molecule has 0 aromatic heterocycles. The molecule has 1 N–H and O–H groups in total. The van der Waals surface area contributed by atoms with Gasteiger partial charge < -0.3 is 9.84 Å². The maximum Gasteiger partial charge on any atom is 0.307 e. The zero-order valence-electron chi connectivity index (χ0n) is 8.71. The summed E-state index contributed by atoms with van der Waals surface area (Å²) in [7, 11) is 1.59. The van der Waals surface area contributed by atoms with Crippen LogP contribution < -0.4 is 4.74 Å². The molecule has 0 saturated carbocycles. The van der Waals surface area contributed by atoms with Gasteiger partial charge in [-0.1, -0.05) is 22.0 Å². The number of carbonyl (C=O) groups is 1. The van der Waals surface area contributed by atoms with Crippen LogP contribution in [0, 0.1) is 6.92 Å². The molecule has 1 aromatic rings. The lowest BCUT2D eigenvalue weighted by Crippen LogP contribution is -2.02. The molecule has 82 valence electrons. The summed E-state index contributed by atoms with van der Waals surface area (Å²) >= 11 is 3.37. The van der Waals surface area contributed by atoms with E-state index in [-0.39, 0.29) is 6.42 Å². The highest BCUT2D eigenvalue weighted by Gasteiger charge is 2.09. The van der Waals surface area contributed by atoms with E-state index in [1.165, 1.54) is 0 Å². The Morgan fingerprint density at radius 2 is 2.20 bits per heavy atom. The van der Waals surface area contributed by atoms with Crippen molar-refractivity contribution in [3.63, 3.8) is 0 Å². The van der Waals surface area contributed by atoms with Crippen molar-refractivity contribution in [2.75, 3.05) is 7.11 Å². The van der Waals surface area contributed by atoms with Crippen LogP contribution in [0.5, 0.6) is 5.75 Å². The molecule has 3 nitrogen and oxygen atoms in total. The van der Waals surface area contributed by atoms with Gasteiger partial charge in [-0.15, -0.1) is 0 Å². The highest BCUT2D eigenvalue weighted by molar-refractivity contribution is 9.08.